The van der Waals surface area contributed by atoms with Crippen LogP contribution in [0.1, 0.15) is 60.8 Å². The molecule has 38 heavy (non-hydrogen) atoms. The number of rotatable bonds is 6. The lowest BCUT2D eigenvalue weighted by Crippen LogP contribution is -2.53. The average Bonchev–Trinajstić information content (AvgIpc) is 3.31. The summed E-state index contributed by atoms with van der Waals surface area (Å²) in [6.07, 6.45) is 6.32. The average molecular weight is 558 g/mol. The number of fused-ring (bicyclic) bond motifs is 1. The van der Waals surface area contributed by atoms with Crippen molar-refractivity contribution in [2.45, 2.75) is 52.1 Å². The molecule has 2 aromatic heterocycles. The molecular weight excluding hydrogens is 522 g/mol. The summed E-state index contributed by atoms with van der Waals surface area (Å²) >= 11 is 4.94. The van der Waals surface area contributed by atoms with E-state index in [2.05, 4.69) is 35.7 Å². The van der Waals surface area contributed by atoms with Crippen molar-refractivity contribution in [3.8, 4) is 0 Å². The molecular formula is C27H36ClN7O2S. The van der Waals surface area contributed by atoms with E-state index >= 15 is 0 Å². The third-order valence-corrected chi connectivity index (χ3v) is 8.25. The molecule has 3 aromatic rings. The van der Waals surface area contributed by atoms with Crippen molar-refractivity contribution in [2.24, 2.45) is 5.92 Å². The summed E-state index contributed by atoms with van der Waals surface area (Å²) in [5.41, 5.74) is 3.62. The Morgan fingerprint density at radius 2 is 2.08 bits per heavy atom. The van der Waals surface area contributed by atoms with Gasteiger partial charge in [-0.05, 0) is 50.3 Å². The molecule has 1 amide bonds. The van der Waals surface area contributed by atoms with Gasteiger partial charge in [0.15, 0.2) is 5.65 Å². The van der Waals surface area contributed by atoms with Crippen LogP contribution >= 0.6 is 11.6 Å². The Balaban J connectivity index is 1.45. The Bertz CT molecular complexity index is 1310. The van der Waals surface area contributed by atoms with Crippen molar-refractivity contribution >= 4 is 46.0 Å². The fourth-order valence-electron chi connectivity index (χ4n) is 5.49. The second-order valence-electron chi connectivity index (χ2n) is 10.6. The third-order valence-electron chi connectivity index (χ3n) is 7.50. The van der Waals surface area contributed by atoms with Crippen LogP contribution in [0, 0.1) is 12.8 Å². The van der Waals surface area contributed by atoms with Crippen molar-refractivity contribution in [3.05, 3.63) is 52.3 Å². The molecule has 0 radical (unpaired) electrons. The molecule has 2 N–H and O–H groups in total. The highest BCUT2D eigenvalue weighted by molar-refractivity contribution is 7.92. The van der Waals surface area contributed by atoms with Gasteiger partial charge >= 0.3 is 0 Å². The lowest BCUT2D eigenvalue weighted by Gasteiger charge is -2.37. The van der Waals surface area contributed by atoms with E-state index in [4.69, 9.17) is 21.7 Å². The summed E-state index contributed by atoms with van der Waals surface area (Å²) in [7, 11) is 0. The van der Waals surface area contributed by atoms with Crippen LogP contribution in [-0.4, -0.2) is 68.4 Å². The molecule has 1 aromatic carbocycles. The third kappa shape index (κ3) is 5.59. The van der Waals surface area contributed by atoms with E-state index in [1.54, 1.807) is 18.2 Å². The molecule has 0 saturated carbocycles. The van der Waals surface area contributed by atoms with Crippen LogP contribution in [0.25, 0.3) is 5.65 Å². The number of hydrogen-bond donors (Lipinski definition) is 2. The van der Waals surface area contributed by atoms with Crippen molar-refractivity contribution in [1.29, 1.82) is 0 Å². The summed E-state index contributed by atoms with van der Waals surface area (Å²) in [6.45, 7) is 9.96. The first kappa shape index (κ1) is 27.1. The van der Waals surface area contributed by atoms with E-state index in [1.165, 1.54) is 6.26 Å². The zero-order valence-electron chi connectivity index (χ0n) is 22.4. The predicted molar refractivity (Wildman–Crippen MR) is 153 cm³/mol. The molecule has 2 fully saturated rings. The van der Waals surface area contributed by atoms with Crippen LogP contribution in [0.2, 0.25) is 5.02 Å². The quantitative estimate of drug-likeness (QED) is 0.438. The first-order valence-electron chi connectivity index (χ1n) is 13.3. The van der Waals surface area contributed by atoms with Gasteiger partial charge in [-0.25, -0.2) is 14.2 Å². The van der Waals surface area contributed by atoms with Gasteiger partial charge in [0, 0.05) is 55.1 Å². The second kappa shape index (κ2) is 11.3. The molecule has 0 aliphatic carbocycles. The summed E-state index contributed by atoms with van der Waals surface area (Å²) < 4.78 is 16.6. The highest BCUT2D eigenvalue weighted by Crippen LogP contribution is 2.34. The van der Waals surface area contributed by atoms with Gasteiger partial charge < -0.3 is 19.7 Å². The molecule has 5 rings (SSSR count). The van der Waals surface area contributed by atoms with Crippen LogP contribution in [0.5, 0.6) is 0 Å². The smallest absolute Gasteiger partial charge is 0.256 e. The van der Waals surface area contributed by atoms with Crippen LogP contribution < -0.4 is 14.9 Å². The summed E-state index contributed by atoms with van der Waals surface area (Å²) in [5, 5.41) is 8.96. The molecule has 11 heteroatoms. The molecule has 3 unspecified atom stereocenters. The molecule has 2 aliphatic rings. The van der Waals surface area contributed by atoms with Crippen LogP contribution in [0.4, 0.5) is 11.5 Å². The summed E-state index contributed by atoms with van der Waals surface area (Å²) in [4.78, 5) is 23.1. The van der Waals surface area contributed by atoms with Gasteiger partial charge in [0.05, 0.1) is 34.3 Å². The second-order valence-corrected chi connectivity index (χ2v) is 12.2. The van der Waals surface area contributed by atoms with E-state index in [0.717, 1.165) is 61.6 Å². The Morgan fingerprint density at radius 1 is 1.26 bits per heavy atom. The molecule has 2 saturated heterocycles. The number of piperidine rings is 1. The number of likely N-dealkylation sites (tertiary alicyclic amines) is 1. The van der Waals surface area contributed by atoms with Gasteiger partial charge in [-0.1, -0.05) is 25.4 Å². The first-order chi connectivity index (χ1) is 18.2. The maximum atomic E-state index is 13.8. The van der Waals surface area contributed by atoms with Crippen LogP contribution in [0.3, 0.4) is 0 Å². The first-order valence-corrected chi connectivity index (χ1v) is 15.2. The van der Waals surface area contributed by atoms with E-state index in [0.29, 0.717) is 34.8 Å². The van der Waals surface area contributed by atoms with E-state index in [-0.39, 0.29) is 11.9 Å². The van der Waals surface area contributed by atoms with Crippen LogP contribution in [0.15, 0.2) is 30.5 Å². The molecule has 4 heterocycles. The Morgan fingerprint density at radius 3 is 2.84 bits per heavy atom. The minimum atomic E-state index is -1.32. The SMILES string of the molecule is Cc1cn2nc(C3CCCCN3C(=O)c3cc(Cl)ccc3N[S+](C)[O-])cc2nc1N1CCNC(C(C)C)C1. The maximum Gasteiger partial charge on any atom is 0.256 e. The zero-order chi connectivity index (χ0) is 27.0. The number of piperazine rings is 1. The number of anilines is 2. The number of benzene rings is 1. The normalized spacial score (nSPS) is 21.2. The molecule has 3 atom stereocenters. The monoisotopic (exact) mass is 557 g/mol. The Kier molecular flexibility index (Phi) is 8.04. The number of nitrogens with one attached hydrogen (secondary N) is 2. The number of aromatic nitrogens is 3. The van der Waals surface area contributed by atoms with Gasteiger partial charge in [-0.15, -0.1) is 0 Å². The number of aryl methyl sites for hydroxylation is 1. The van der Waals surface area contributed by atoms with Gasteiger partial charge in [-0.2, -0.15) is 5.10 Å². The molecule has 2 aliphatic heterocycles. The zero-order valence-corrected chi connectivity index (χ0v) is 24.0. The Labute approximate surface area is 232 Å². The fraction of sp³-hybridized carbons (Fsp3) is 0.519. The number of halogens is 1. The van der Waals surface area contributed by atoms with Gasteiger partial charge in [0.2, 0.25) is 0 Å². The highest BCUT2D eigenvalue weighted by atomic mass is 35.5. The Hall–Kier alpha value is -2.53. The number of hydrogen-bond acceptors (Lipinski definition) is 7. The lowest BCUT2D eigenvalue weighted by molar-refractivity contribution is 0.0607. The number of nitrogens with zero attached hydrogens (tertiary/aromatic N) is 5. The molecule has 0 bridgehead atoms. The highest BCUT2D eigenvalue weighted by Gasteiger charge is 2.33. The lowest BCUT2D eigenvalue weighted by atomic mass is 9.98. The van der Waals surface area contributed by atoms with E-state index in [9.17, 15) is 9.35 Å². The van der Waals surface area contributed by atoms with Crippen molar-refractivity contribution < 1.29 is 9.35 Å². The van der Waals surface area contributed by atoms with Crippen molar-refractivity contribution in [3.63, 3.8) is 0 Å². The molecule has 204 valence electrons. The topological polar surface area (TPSA) is 101 Å². The summed E-state index contributed by atoms with van der Waals surface area (Å²) in [6, 6.07) is 7.30. The minimum absolute atomic E-state index is 0.146. The maximum absolute atomic E-state index is 13.8. The van der Waals surface area contributed by atoms with Crippen molar-refractivity contribution in [2.75, 3.05) is 42.1 Å². The summed E-state index contributed by atoms with van der Waals surface area (Å²) in [5.74, 6) is 1.40. The van der Waals surface area contributed by atoms with Crippen LogP contribution in [-0.2, 0) is 11.4 Å². The van der Waals surface area contributed by atoms with Gasteiger partial charge in [0.1, 0.15) is 12.1 Å². The predicted octanol–water partition coefficient (Wildman–Crippen LogP) is 4.20. The van der Waals surface area contributed by atoms with E-state index in [1.807, 2.05) is 21.7 Å². The molecule has 9 nitrogen and oxygen atoms in total. The van der Waals surface area contributed by atoms with Gasteiger partial charge in [0.25, 0.3) is 5.91 Å². The largest absolute Gasteiger partial charge is 0.593 e. The van der Waals surface area contributed by atoms with E-state index < -0.39 is 11.4 Å². The number of carbonyl (C=O) groups is 1. The number of amides is 1. The molecule has 0 spiro atoms. The number of carbonyl (C=O) groups excluding carboxylic acids is 1. The van der Waals surface area contributed by atoms with Crippen molar-refractivity contribution in [1.82, 2.24) is 24.8 Å². The standard InChI is InChI=1S/C27H36ClN7O2S/c1-17(2)23-16-33(12-10-29-23)26-18(3)15-35-25(30-26)14-22(31-35)24-7-5-6-11-34(24)27(36)20-13-19(28)8-9-21(20)32-38(4)37/h8-9,13-15,17,23-24,29,32H,5-7,10-12,16H2,1-4H3. The minimum Gasteiger partial charge on any atom is -0.593 e. The fourth-order valence-corrected chi connectivity index (χ4v) is 6.15. The van der Waals surface area contributed by atoms with Gasteiger partial charge in [-0.3, -0.25) is 4.79 Å².